The lowest BCUT2D eigenvalue weighted by atomic mass is 9.85. The average molecular weight is 280 g/mol. The number of carbonyl (C=O) groups excluding carboxylic acids is 2. The molecule has 0 unspecified atom stereocenters. The van der Waals surface area contributed by atoms with Gasteiger partial charge in [0.1, 0.15) is 0 Å². The fourth-order valence-corrected chi connectivity index (χ4v) is 2.21. The van der Waals surface area contributed by atoms with E-state index in [0.717, 1.165) is 12.8 Å². The summed E-state index contributed by atoms with van der Waals surface area (Å²) < 4.78 is 5.07. The Morgan fingerprint density at radius 1 is 1.55 bits per heavy atom. The zero-order valence-corrected chi connectivity index (χ0v) is 11.8. The topological polar surface area (TPSA) is 101 Å². The van der Waals surface area contributed by atoms with Gasteiger partial charge in [0.2, 0.25) is 5.91 Å². The molecule has 0 saturated carbocycles. The van der Waals surface area contributed by atoms with Crippen LogP contribution in [0, 0.1) is 5.41 Å². The number of rotatable bonds is 3. The van der Waals surface area contributed by atoms with E-state index < -0.39 is 5.91 Å². The van der Waals surface area contributed by atoms with Crippen LogP contribution in [0.3, 0.4) is 0 Å². The molecule has 0 bridgehead atoms. The van der Waals surface area contributed by atoms with Gasteiger partial charge in [-0.2, -0.15) is 0 Å². The summed E-state index contributed by atoms with van der Waals surface area (Å²) in [5.41, 5.74) is 2.28. The summed E-state index contributed by atoms with van der Waals surface area (Å²) in [6, 6.07) is 1.51. The van der Waals surface area contributed by atoms with Gasteiger partial charge in [-0.25, -0.2) is 5.84 Å². The van der Waals surface area contributed by atoms with Crippen molar-refractivity contribution >= 4 is 11.8 Å². The molecule has 7 heteroatoms. The van der Waals surface area contributed by atoms with E-state index in [0.29, 0.717) is 25.3 Å². The second kappa shape index (κ2) is 5.62. The fraction of sp³-hybridized carbons (Fsp3) is 0.615. The maximum Gasteiger partial charge on any atom is 0.287 e. The van der Waals surface area contributed by atoms with Crippen molar-refractivity contribution in [3.8, 4) is 0 Å². The lowest BCUT2D eigenvalue weighted by molar-refractivity contribution is -0.131. The predicted molar refractivity (Wildman–Crippen MR) is 71.2 cm³/mol. The number of amides is 2. The maximum absolute atomic E-state index is 12.1. The summed E-state index contributed by atoms with van der Waals surface area (Å²) in [5, 5.41) is 3.62. The Morgan fingerprint density at radius 3 is 3.00 bits per heavy atom. The van der Waals surface area contributed by atoms with Crippen molar-refractivity contribution in [2.75, 3.05) is 6.54 Å². The highest BCUT2D eigenvalue weighted by Gasteiger charge is 2.28. The molecule has 1 aliphatic heterocycles. The Hall–Kier alpha value is -1.89. The van der Waals surface area contributed by atoms with E-state index >= 15 is 0 Å². The fourth-order valence-electron chi connectivity index (χ4n) is 2.21. The molecule has 2 rings (SSSR count). The smallest absolute Gasteiger partial charge is 0.287 e. The number of likely N-dealkylation sites (tertiary alicyclic amines) is 1. The lowest BCUT2D eigenvalue weighted by Crippen LogP contribution is -2.30. The predicted octanol–water partition coefficient (Wildman–Crippen LogP) is 0.817. The molecular formula is C13H20N4O3. The summed E-state index contributed by atoms with van der Waals surface area (Å²) >= 11 is 0. The van der Waals surface area contributed by atoms with Gasteiger partial charge >= 0.3 is 0 Å². The molecule has 2 amide bonds. The van der Waals surface area contributed by atoms with Crippen LogP contribution in [0.25, 0.3) is 0 Å². The van der Waals surface area contributed by atoms with Crippen LogP contribution in [0.4, 0.5) is 0 Å². The SMILES string of the molecule is CC1(C)CCC(=O)N(Cc2cc(C(=O)NN)no2)CC1. The van der Waals surface area contributed by atoms with Crippen molar-refractivity contribution in [1.29, 1.82) is 0 Å². The van der Waals surface area contributed by atoms with Crippen molar-refractivity contribution in [2.45, 2.75) is 39.7 Å². The zero-order chi connectivity index (χ0) is 14.8. The van der Waals surface area contributed by atoms with E-state index in [2.05, 4.69) is 19.0 Å². The van der Waals surface area contributed by atoms with E-state index in [1.807, 2.05) is 5.43 Å². The molecule has 0 spiro atoms. The summed E-state index contributed by atoms with van der Waals surface area (Å²) in [6.07, 6.45) is 2.37. The molecule has 1 saturated heterocycles. The molecule has 1 fully saturated rings. The van der Waals surface area contributed by atoms with Gasteiger partial charge in [0, 0.05) is 19.0 Å². The number of nitrogen functional groups attached to an aromatic ring is 1. The molecule has 0 aliphatic carbocycles. The second-order valence-corrected chi connectivity index (χ2v) is 5.88. The van der Waals surface area contributed by atoms with Gasteiger partial charge < -0.3 is 9.42 Å². The summed E-state index contributed by atoms with van der Waals surface area (Å²) in [5.74, 6) is 5.10. The monoisotopic (exact) mass is 280 g/mol. The van der Waals surface area contributed by atoms with Crippen LogP contribution < -0.4 is 11.3 Å². The summed E-state index contributed by atoms with van der Waals surface area (Å²) in [7, 11) is 0. The van der Waals surface area contributed by atoms with E-state index in [1.165, 1.54) is 6.07 Å². The van der Waals surface area contributed by atoms with Gasteiger partial charge in [0.25, 0.3) is 5.91 Å². The van der Waals surface area contributed by atoms with Gasteiger partial charge in [-0.3, -0.25) is 15.0 Å². The van der Waals surface area contributed by atoms with Crippen molar-refractivity contribution in [3.05, 3.63) is 17.5 Å². The first-order chi connectivity index (χ1) is 9.41. The Labute approximate surface area is 117 Å². The molecule has 1 aliphatic rings. The highest BCUT2D eigenvalue weighted by atomic mass is 16.5. The molecule has 2 heterocycles. The molecule has 1 aromatic rings. The summed E-state index contributed by atoms with van der Waals surface area (Å²) in [4.78, 5) is 25.1. The number of hydrogen-bond donors (Lipinski definition) is 2. The molecule has 0 atom stereocenters. The highest BCUT2D eigenvalue weighted by Crippen LogP contribution is 2.30. The van der Waals surface area contributed by atoms with Crippen molar-refractivity contribution in [1.82, 2.24) is 15.5 Å². The molecule has 3 N–H and O–H groups in total. The third kappa shape index (κ3) is 3.36. The largest absolute Gasteiger partial charge is 0.359 e. The van der Waals surface area contributed by atoms with Gasteiger partial charge in [0.05, 0.1) is 6.54 Å². The minimum atomic E-state index is -0.511. The first-order valence-electron chi connectivity index (χ1n) is 6.65. The minimum absolute atomic E-state index is 0.108. The number of aromatic nitrogens is 1. The van der Waals surface area contributed by atoms with Crippen LogP contribution in [-0.2, 0) is 11.3 Å². The number of carbonyl (C=O) groups is 2. The zero-order valence-electron chi connectivity index (χ0n) is 11.8. The Bertz CT molecular complexity index is 509. The molecule has 7 nitrogen and oxygen atoms in total. The standard InChI is InChI=1S/C13H20N4O3/c1-13(2)4-3-11(18)17(6-5-13)8-9-7-10(16-20-9)12(19)15-14/h7H,3-6,8,14H2,1-2H3,(H,15,19). The maximum atomic E-state index is 12.1. The molecular weight excluding hydrogens is 260 g/mol. The third-order valence-electron chi connectivity index (χ3n) is 3.70. The van der Waals surface area contributed by atoms with E-state index in [9.17, 15) is 9.59 Å². The van der Waals surface area contributed by atoms with Crippen LogP contribution in [0.15, 0.2) is 10.6 Å². The molecule has 20 heavy (non-hydrogen) atoms. The lowest BCUT2D eigenvalue weighted by Gasteiger charge is -2.22. The normalized spacial score (nSPS) is 18.8. The van der Waals surface area contributed by atoms with E-state index in [1.54, 1.807) is 4.90 Å². The Balaban J connectivity index is 2.03. The molecule has 110 valence electrons. The number of hydrogen-bond acceptors (Lipinski definition) is 5. The quantitative estimate of drug-likeness (QED) is 0.485. The van der Waals surface area contributed by atoms with E-state index in [4.69, 9.17) is 10.4 Å². The van der Waals surface area contributed by atoms with Crippen LogP contribution in [0.2, 0.25) is 0 Å². The number of nitrogens with zero attached hydrogens (tertiary/aromatic N) is 2. The van der Waals surface area contributed by atoms with Gasteiger partial charge in [-0.1, -0.05) is 19.0 Å². The molecule has 0 radical (unpaired) electrons. The van der Waals surface area contributed by atoms with Crippen LogP contribution in [-0.4, -0.2) is 28.4 Å². The summed E-state index contributed by atoms with van der Waals surface area (Å²) in [6.45, 7) is 5.36. The number of nitrogens with two attached hydrogens (primary N) is 1. The third-order valence-corrected chi connectivity index (χ3v) is 3.70. The van der Waals surface area contributed by atoms with Gasteiger partial charge in [-0.15, -0.1) is 0 Å². The Kier molecular flexibility index (Phi) is 4.08. The second-order valence-electron chi connectivity index (χ2n) is 5.88. The van der Waals surface area contributed by atoms with E-state index in [-0.39, 0.29) is 17.0 Å². The first-order valence-corrected chi connectivity index (χ1v) is 6.65. The minimum Gasteiger partial charge on any atom is -0.359 e. The Morgan fingerprint density at radius 2 is 2.30 bits per heavy atom. The van der Waals surface area contributed by atoms with Crippen LogP contribution in [0.1, 0.15) is 49.4 Å². The van der Waals surface area contributed by atoms with Gasteiger partial charge in [0.15, 0.2) is 11.5 Å². The van der Waals surface area contributed by atoms with Crippen LogP contribution >= 0.6 is 0 Å². The van der Waals surface area contributed by atoms with Crippen molar-refractivity contribution in [2.24, 2.45) is 11.3 Å². The molecule has 0 aromatic carbocycles. The molecule has 1 aromatic heterocycles. The van der Waals surface area contributed by atoms with Crippen molar-refractivity contribution < 1.29 is 14.1 Å². The van der Waals surface area contributed by atoms with Crippen molar-refractivity contribution in [3.63, 3.8) is 0 Å². The first kappa shape index (κ1) is 14.5. The number of hydrazine groups is 1. The van der Waals surface area contributed by atoms with Crippen LogP contribution in [0.5, 0.6) is 0 Å². The average Bonchev–Trinajstić information content (AvgIpc) is 2.83. The number of nitrogens with one attached hydrogen (secondary N) is 1. The highest BCUT2D eigenvalue weighted by molar-refractivity contribution is 5.91. The van der Waals surface area contributed by atoms with Gasteiger partial charge in [-0.05, 0) is 18.3 Å².